The summed E-state index contributed by atoms with van der Waals surface area (Å²) in [6.07, 6.45) is 2.09. The van der Waals surface area contributed by atoms with Crippen LogP contribution in [-0.4, -0.2) is 31.5 Å². The molecule has 0 bridgehead atoms. The zero-order valence-electron chi connectivity index (χ0n) is 11.1. The van der Waals surface area contributed by atoms with Gasteiger partial charge < -0.3 is 16.4 Å². The number of nitrogen functional groups attached to an aromatic ring is 1. The van der Waals surface area contributed by atoms with Crippen molar-refractivity contribution in [2.24, 2.45) is 5.92 Å². The number of rotatable bonds is 6. The first-order chi connectivity index (χ1) is 8.58. The molecule has 0 heterocycles. The van der Waals surface area contributed by atoms with E-state index in [4.69, 9.17) is 5.73 Å². The molecule has 1 atom stereocenters. The highest BCUT2D eigenvalue weighted by Gasteiger charge is 2.08. The Hall–Kier alpha value is -1.36. The van der Waals surface area contributed by atoms with Crippen molar-refractivity contribution in [2.75, 3.05) is 36.7 Å². The van der Waals surface area contributed by atoms with Crippen LogP contribution in [0.25, 0.3) is 0 Å². The van der Waals surface area contributed by atoms with E-state index >= 15 is 0 Å². The molecule has 0 fully saturated rings. The van der Waals surface area contributed by atoms with E-state index in [1.54, 1.807) is 25.2 Å². The zero-order valence-corrected chi connectivity index (χ0v) is 11.9. The van der Waals surface area contributed by atoms with Crippen LogP contribution in [0.3, 0.4) is 0 Å². The van der Waals surface area contributed by atoms with E-state index in [1.807, 2.05) is 11.8 Å². The average Bonchev–Trinajstić information content (AvgIpc) is 2.37. The number of nitrogens with one attached hydrogen (secondary N) is 2. The minimum Gasteiger partial charge on any atom is -0.397 e. The molecule has 100 valence electrons. The van der Waals surface area contributed by atoms with Crippen LogP contribution in [0, 0.1) is 5.92 Å². The molecule has 4 N–H and O–H groups in total. The van der Waals surface area contributed by atoms with Gasteiger partial charge in [-0.25, -0.2) is 0 Å². The fourth-order valence-corrected chi connectivity index (χ4v) is 2.31. The molecule has 18 heavy (non-hydrogen) atoms. The monoisotopic (exact) mass is 267 g/mol. The Kier molecular flexibility index (Phi) is 5.85. The van der Waals surface area contributed by atoms with Crippen LogP contribution >= 0.6 is 11.8 Å². The van der Waals surface area contributed by atoms with Crippen molar-refractivity contribution in [1.82, 2.24) is 5.32 Å². The third-order valence-corrected chi connectivity index (χ3v) is 3.54. The molecular formula is C13H21N3OS. The van der Waals surface area contributed by atoms with E-state index < -0.39 is 0 Å². The summed E-state index contributed by atoms with van der Waals surface area (Å²) in [6, 6.07) is 5.27. The van der Waals surface area contributed by atoms with Crippen LogP contribution < -0.4 is 16.4 Å². The summed E-state index contributed by atoms with van der Waals surface area (Å²) in [5, 5.41) is 5.90. The lowest BCUT2D eigenvalue weighted by Crippen LogP contribution is -2.19. The Bertz CT molecular complexity index is 409. The summed E-state index contributed by atoms with van der Waals surface area (Å²) in [7, 11) is 1.62. The number of benzene rings is 1. The summed E-state index contributed by atoms with van der Waals surface area (Å²) in [5.74, 6) is 1.56. The maximum atomic E-state index is 11.5. The molecule has 0 spiro atoms. The Balaban J connectivity index is 2.72. The molecule has 0 aromatic heterocycles. The predicted octanol–water partition coefficient (Wildman–Crippen LogP) is 2.04. The SMILES string of the molecule is CNC(=O)c1ccc(N)c(NCC(C)CSC)c1. The van der Waals surface area contributed by atoms with Crippen molar-refractivity contribution in [1.29, 1.82) is 0 Å². The molecule has 1 aromatic rings. The van der Waals surface area contributed by atoms with Crippen molar-refractivity contribution >= 4 is 29.0 Å². The topological polar surface area (TPSA) is 67.2 Å². The normalized spacial score (nSPS) is 11.9. The van der Waals surface area contributed by atoms with Gasteiger partial charge in [0.05, 0.1) is 11.4 Å². The van der Waals surface area contributed by atoms with Crippen LogP contribution in [0.15, 0.2) is 18.2 Å². The maximum absolute atomic E-state index is 11.5. The second-order valence-corrected chi connectivity index (χ2v) is 5.23. The Morgan fingerprint density at radius 3 is 2.83 bits per heavy atom. The summed E-state index contributed by atoms with van der Waals surface area (Å²) in [5.41, 5.74) is 8.00. The van der Waals surface area contributed by atoms with Crippen LogP contribution in [0.4, 0.5) is 11.4 Å². The van der Waals surface area contributed by atoms with E-state index in [2.05, 4.69) is 23.8 Å². The Morgan fingerprint density at radius 1 is 1.50 bits per heavy atom. The lowest BCUT2D eigenvalue weighted by atomic mass is 10.1. The fraction of sp³-hybridized carbons (Fsp3) is 0.462. The standard InChI is InChI=1S/C13H21N3OS/c1-9(8-18-3)7-16-12-6-10(13(17)15-2)4-5-11(12)14/h4-6,9,16H,7-8,14H2,1-3H3,(H,15,17). The van der Waals surface area contributed by atoms with Gasteiger partial charge in [0, 0.05) is 19.2 Å². The smallest absolute Gasteiger partial charge is 0.251 e. The van der Waals surface area contributed by atoms with Gasteiger partial charge in [-0.3, -0.25) is 4.79 Å². The number of carbonyl (C=O) groups is 1. The molecule has 1 amide bonds. The van der Waals surface area contributed by atoms with Crippen molar-refractivity contribution < 1.29 is 4.79 Å². The van der Waals surface area contributed by atoms with Crippen LogP contribution in [0.5, 0.6) is 0 Å². The number of nitrogens with two attached hydrogens (primary N) is 1. The second kappa shape index (κ2) is 7.16. The minimum atomic E-state index is -0.102. The largest absolute Gasteiger partial charge is 0.397 e. The van der Waals surface area contributed by atoms with Gasteiger partial charge in [0.2, 0.25) is 0 Å². The molecule has 5 heteroatoms. The Labute approximate surface area is 113 Å². The minimum absolute atomic E-state index is 0.102. The number of hydrogen-bond acceptors (Lipinski definition) is 4. The second-order valence-electron chi connectivity index (χ2n) is 4.32. The van der Waals surface area contributed by atoms with Gasteiger partial charge in [0.25, 0.3) is 5.91 Å². The highest BCUT2D eigenvalue weighted by Crippen LogP contribution is 2.20. The highest BCUT2D eigenvalue weighted by molar-refractivity contribution is 7.98. The Morgan fingerprint density at radius 2 is 2.22 bits per heavy atom. The van der Waals surface area contributed by atoms with Gasteiger partial charge in [0.15, 0.2) is 0 Å². The maximum Gasteiger partial charge on any atom is 0.251 e. The molecular weight excluding hydrogens is 246 g/mol. The summed E-state index contributed by atoms with van der Waals surface area (Å²) in [6.45, 7) is 3.03. The van der Waals surface area contributed by atoms with E-state index in [1.165, 1.54) is 0 Å². The van der Waals surface area contributed by atoms with Crippen molar-refractivity contribution in [2.45, 2.75) is 6.92 Å². The zero-order chi connectivity index (χ0) is 13.5. The van der Waals surface area contributed by atoms with E-state index in [-0.39, 0.29) is 5.91 Å². The number of hydrogen-bond donors (Lipinski definition) is 3. The first-order valence-electron chi connectivity index (χ1n) is 5.93. The molecule has 0 radical (unpaired) electrons. The number of thioether (sulfide) groups is 1. The third-order valence-electron chi connectivity index (χ3n) is 2.63. The number of carbonyl (C=O) groups excluding carboxylic acids is 1. The molecule has 0 aliphatic rings. The lowest BCUT2D eigenvalue weighted by molar-refractivity contribution is 0.0963. The quantitative estimate of drug-likeness (QED) is 0.690. The number of anilines is 2. The molecule has 0 aliphatic heterocycles. The first kappa shape index (κ1) is 14.7. The average molecular weight is 267 g/mol. The van der Waals surface area contributed by atoms with Crippen LogP contribution in [0.2, 0.25) is 0 Å². The van der Waals surface area contributed by atoms with E-state index in [0.717, 1.165) is 18.0 Å². The molecule has 1 aromatic carbocycles. The highest BCUT2D eigenvalue weighted by atomic mass is 32.2. The lowest BCUT2D eigenvalue weighted by Gasteiger charge is -2.14. The first-order valence-corrected chi connectivity index (χ1v) is 7.32. The molecule has 0 aliphatic carbocycles. The molecule has 4 nitrogen and oxygen atoms in total. The summed E-state index contributed by atoms with van der Waals surface area (Å²) < 4.78 is 0. The summed E-state index contributed by atoms with van der Waals surface area (Å²) >= 11 is 1.83. The van der Waals surface area contributed by atoms with Gasteiger partial charge in [-0.2, -0.15) is 11.8 Å². The van der Waals surface area contributed by atoms with Gasteiger partial charge in [-0.15, -0.1) is 0 Å². The van der Waals surface area contributed by atoms with Crippen LogP contribution in [-0.2, 0) is 0 Å². The fourth-order valence-electron chi connectivity index (χ4n) is 1.62. The van der Waals surface area contributed by atoms with Crippen LogP contribution in [0.1, 0.15) is 17.3 Å². The van der Waals surface area contributed by atoms with E-state index in [0.29, 0.717) is 17.2 Å². The van der Waals surface area contributed by atoms with Crippen molar-refractivity contribution in [3.05, 3.63) is 23.8 Å². The van der Waals surface area contributed by atoms with Gasteiger partial charge in [-0.05, 0) is 36.1 Å². The molecule has 0 saturated carbocycles. The number of amides is 1. The third kappa shape index (κ3) is 4.14. The molecule has 0 saturated heterocycles. The predicted molar refractivity (Wildman–Crippen MR) is 80.3 cm³/mol. The van der Waals surface area contributed by atoms with Crippen molar-refractivity contribution in [3.63, 3.8) is 0 Å². The summed E-state index contributed by atoms with van der Waals surface area (Å²) in [4.78, 5) is 11.5. The van der Waals surface area contributed by atoms with Gasteiger partial charge in [-0.1, -0.05) is 6.92 Å². The molecule has 1 rings (SSSR count). The van der Waals surface area contributed by atoms with Crippen molar-refractivity contribution in [3.8, 4) is 0 Å². The van der Waals surface area contributed by atoms with E-state index in [9.17, 15) is 4.79 Å². The van der Waals surface area contributed by atoms with Gasteiger partial charge in [0.1, 0.15) is 0 Å². The van der Waals surface area contributed by atoms with Gasteiger partial charge >= 0.3 is 0 Å². The molecule has 1 unspecified atom stereocenters.